The van der Waals surface area contributed by atoms with Gasteiger partial charge in [0.05, 0.1) is 16.9 Å². The second-order valence-electron chi connectivity index (χ2n) is 5.06. The van der Waals surface area contributed by atoms with Crippen LogP contribution in [-0.2, 0) is 14.6 Å². The molecule has 0 spiro atoms. The number of carbonyl (C=O) groups is 1. The standard InChI is InChI=1S/C10H17NO4S/c1-11(7-10(3-4-10)9(12)13)8-2-5-16(14,15)6-8/h8H,2-7H2,1H3,(H,12,13). The van der Waals surface area contributed by atoms with Crippen molar-refractivity contribution in [2.75, 3.05) is 25.1 Å². The van der Waals surface area contributed by atoms with Gasteiger partial charge in [-0.25, -0.2) is 8.42 Å². The molecule has 0 aromatic rings. The lowest BCUT2D eigenvalue weighted by atomic mass is 10.1. The second-order valence-corrected chi connectivity index (χ2v) is 7.29. The van der Waals surface area contributed by atoms with Gasteiger partial charge in [0.2, 0.25) is 0 Å². The predicted molar refractivity (Wildman–Crippen MR) is 59.0 cm³/mol. The summed E-state index contributed by atoms with van der Waals surface area (Å²) < 4.78 is 22.6. The van der Waals surface area contributed by atoms with Gasteiger partial charge in [-0.15, -0.1) is 0 Å². The molecule has 2 rings (SSSR count). The largest absolute Gasteiger partial charge is 0.481 e. The molecule has 1 unspecified atom stereocenters. The smallest absolute Gasteiger partial charge is 0.310 e. The topological polar surface area (TPSA) is 74.7 Å². The number of sulfone groups is 1. The van der Waals surface area contributed by atoms with Crippen LogP contribution in [0, 0.1) is 5.41 Å². The van der Waals surface area contributed by atoms with E-state index in [1.807, 2.05) is 11.9 Å². The van der Waals surface area contributed by atoms with Crippen LogP contribution in [0.25, 0.3) is 0 Å². The van der Waals surface area contributed by atoms with E-state index in [9.17, 15) is 13.2 Å². The average Bonchev–Trinajstić information content (AvgIpc) is 2.85. The molecular weight excluding hydrogens is 230 g/mol. The van der Waals surface area contributed by atoms with Crippen molar-refractivity contribution in [2.24, 2.45) is 5.41 Å². The van der Waals surface area contributed by atoms with E-state index >= 15 is 0 Å². The van der Waals surface area contributed by atoms with Gasteiger partial charge in [0.25, 0.3) is 0 Å². The minimum Gasteiger partial charge on any atom is -0.481 e. The molecule has 1 heterocycles. The Morgan fingerprint density at radius 3 is 2.50 bits per heavy atom. The van der Waals surface area contributed by atoms with Crippen molar-refractivity contribution >= 4 is 15.8 Å². The van der Waals surface area contributed by atoms with Crippen molar-refractivity contribution in [3.63, 3.8) is 0 Å². The number of hydrogen-bond donors (Lipinski definition) is 1. The molecule has 1 saturated heterocycles. The fraction of sp³-hybridized carbons (Fsp3) is 0.900. The molecule has 1 saturated carbocycles. The number of hydrogen-bond acceptors (Lipinski definition) is 4. The molecule has 92 valence electrons. The fourth-order valence-corrected chi connectivity index (χ4v) is 4.13. The highest BCUT2D eigenvalue weighted by Gasteiger charge is 2.51. The third-order valence-corrected chi connectivity index (χ3v) is 5.44. The maximum absolute atomic E-state index is 11.3. The van der Waals surface area contributed by atoms with E-state index in [4.69, 9.17) is 5.11 Å². The van der Waals surface area contributed by atoms with E-state index < -0.39 is 21.2 Å². The summed E-state index contributed by atoms with van der Waals surface area (Å²) in [5.41, 5.74) is -0.596. The van der Waals surface area contributed by atoms with Crippen LogP contribution < -0.4 is 0 Å². The van der Waals surface area contributed by atoms with Crippen LogP contribution in [0.2, 0.25) is 0 Å². The third-order valence-electron chi connectivity index (χ3n) is 3.69. The van der Waals surface area contributed by atoms with Crippen LogP contribution in [-0.4, -0.2) is 55.5 Å². The molecule has 2 aliphatic rings. The van der Waals surface area contributed by atoms with Crippen LogP contribution in [0.3, 0.4) is 0 Å². The first-order valence-corrected chi connectivity index (χ1v) is 7.31. The van der Waals surface area contributed by atoms with Crippen molar-refractivity contribution in [1.29, 1.82) is 0 Å². The summed E-state index contributed by atoms with van der Waals surface area (Å²) in [5.74, 6) is -0.332. The molecule has 1 aliphatic heterocycles. The summed E-state index contributed by atoms with van der Waals surface area (Å²) in [5, 5.41) is 9.05. The Morgan fingerprint density at radius 1 is 1.50 bits per heavy atom. The first-order valence-electron chi connectivity index (χ1n) is 5.49. The van der Waals surface area contributed by atoms with Gasteiger partial charge in [-0.05, 0) is 26.3 Å². The maximum Gasteiger partial charge on any atom is 0.310 e. The van der Waals surface area contributed by atoms with Crippen molar-refractivity contribution in [2.45, 2.75) is 25.3 Å². The predicted octanol–water partition coefficient (Wildman–Crippen LogP) is -0.0299. The Morgan fingerprint density at radius 2 is 2.12 bits per heavy atom. The zero-order valence-corrected chi connectivity index (χ0v) is 10.2. The molecule has 5 nitrogen and oxygen atoms in total. The highest BCUT2D eigenvalue weighted by atomic mass is 32.2. The van der Waals surface area contributed by atoms with Gasteiger partial charge >= 0.3 is 5.97 Å². The quantitative estimate of drug-likeness (QED) is 0.755. The van der Waals surface area contributed by atoms with E-state index in [0.717, 1.165) is 0 Å². The molecule has 0 bridgehead atoms. The molecule has 1 aliphatic carbocycles. The lowest BCUT2D eigenvalue weighted by Gasteiger charge is -2.26. The molecule has 2 fully saturated rings. The summed E-state index contributed by atoms with van der Waals surface area (Å²) in [6.45, 7) is 0.475. The van der Waals surface area contributed by atoms with Gasteiger partial charge in [-0.1, -0.05) is 0 Å². The van der Waals surface area contributed by atoms with Crippen LogP contribution in [0.15, 0.2) is 0 Å². The summed E-state index contributed by atoms with van der Waals surface area (Å²) in [6.07, 6.45) is 2.06. The van der Waals surface area contributed by atoms with Crippen molar-refractivity contribution in [1.82, 2.24) is 4.90 Å². The van der Waals surface area contributed by atoms with E-state index in [1.165, 1.54) is 0 Å². The molecule has 0 amide bonds. The minimum atomic E-state index is -2.89. The number of rotatable bonds is 4. The highest BCUT2D eigenvalue weighted by Crippen LogP contribution is 2.46. The first kappa shape index (κ1) is 11.9. The lowest BCUT2D eigenvalue weighted by Crippen LogP contribution is -2.39. The minimum absolute atomic E-state index is 0.00169. The van der Waals surface area contributed by atoms with Gasteiger partial charge in [-0.2, -0.15) is 0 Å². The molecule has 0 radical (unpaired) electrons. The zero-order valence-electron chi connectivity index (χ0n) is 9.35. The van der Waals surface area contributed by atoms with Crippen LogP contribution in [0.5, 0.6) is 0 Å². The van der Waals surface area contributed by atoms with Crippen LogP contribution in [0.1, 0.15) is 19.3 Å². The molecular formula is C10H17NO4S. The molecule has 0 aromatic carbocycles. The summed E-state index contributed by atoms with van der Waals surface area (Å²) in [6, 6.07) is 0.00169. The van der Waals surface area contributed by atoms with Crippen molar-refractivity contribution in [3.8, 4) is 0 Å². The Bertz CT molecular complexity index is 399. The molecule has 0 aromatic heterocycles. The van der Waals surface area contributed by atoms with E-state index in [2.05, 4.69) is 0 Å². The van der Waals surface area contributed by atoms with Crippen LogP contribution in [0.4, 0.5) is 0 Å². The van der Waals surface area contributed by atoms with Gasteiger partial charge < -0.3 is 10.0 Å². The van der Waals surface area contributed by atoms with E-state index in [1.54, 1.807) is 0 Å². The first-order chi connectivity index (χ1) is 7.35. The normalized spacial score (nSPS) is 30.5. The third kappa shape index (κ3) is 2.22. The molecule has 6 heteroatoms. The molecule has 1 N–H and O–H groups in total. The van der Waals surface area contributed by atoms with E-state index in [-0.39, 0.29) is 17.5 Å². The van der Waals surface area contributed by atoms with Crippen LogP contribution >= 0.6 is 0 Å². The summed E-state index contributed by atoms with van der Waals surface area (Å²) in [7, 11) is -1.06. The van der Waals surface area contributed by atoms with Crippen molar-refractivity contribution in [3.05, 3.63) is 0 Å². The SMILES string of the molecule is CN(CC1(C(=O)O)CC1)C1CCS(=O)(=O)C1. The van der Waals surface area contributed by atoms with E-state index in [0.29, 0.717) is 25.8 Å². The average molecular weight is 247 g/mol. The number of carboxylic acids is 1. The summed E-state index contributed by atoms with van der Waals surface area (Å²) in [4.78, 5) is 12.9. The monoisotopic (exact) mass is 247 g/mol. The molecule has 16 heavy (non-hydrogen) atoms. The van der Waals surface area contributed by atoms with Gasteiger partial charge in [0.15, 0.2) is 9.84 Å². The fourth-order valence-electron chi connectivity index (χ4n) is 2.32. The second kappa shape index (κ2) is 3.70. The number of aliphatic carboxylic acids is 1. The van der Waals surface area contributed by atoms with Gasteiger partial charge in [-0.3, -0.25) is 4.79 Å². The zero-order chi connectivity index (χ0) is 12.0. The van der Waals surface area contributed by atoms with Gasteiger partial charge in [0, 0.05) is 12.6 Å². The Balaban J connectivity index is 1.95. The molecule has 1 atom stereocenters. The number of nitrogens with zero attached hydrogens (tertiary/aromatic N) is 1. The summed E-state index contributed by atoms with van der Waals surface area (Å²) >= 11 is 0. The Kier molecular flexibility index (Phi) is 2.74. The Hall–Kier alpha value is -0.620. The van der Waals surface area contributed by atoms with Crippen molar-refractivity contribution < 1.29 is 18.3 Å². The lowest BCUT2D eigenvalue weighted by molar-refractivity contribution is -0.144. The maximum atomic E-state index is 11.3. The number of carboxylic acid groups (broad SMARTS) is 1. The Labute approximate surface area is 95.4 Å². The highest BCUT2D eigenvalue weighted by molar-refractivity contribution is 7.91. The van der Waals surface area contributed by atoms with Gasteiger partial charge in [0.1, 0.15) is 0 Å².